The molecule has 0 aliphatic heterocycles. The fraction of sp³-hybridized carbons (Fsp3) is 0.800. The first kappa shape index (κ1) is 15.3. The monoisotopic (exact) mass is 288 g/mol. The lowest BCUT2D eigenvalue weighted by atomic mass is 9.47. The first-order chi connectivity index (χ1) is 10.1. The Bertz CT molecular complexity index is 412. The summed E-state index contributed by atoms with van der Waals surface area (Å²) in [6.07, 6.45) is 13.0. The molecular formula is C20H32O. The van der Waals surface area contributed by atoms with Gasteiger partial charge >= 0.3 is 0 Å². The van der Waals surface area contributed by atoms with Crippen molar-refractivity contribution < 1.29 is 5.11 Å². The third-order valence-electron chi connectivity index (χ3n) is 7.22. The fourth-order valence-corrected chi connectivity index (χ4v) is 5.99. The highest BCUT2D eigenvalue weighted by Gasteiger charge is 2.53. The summed E-state index contributed by atoms with van der Waals surface area (Å²) in [6, 6.07) is 0. The zero-order valence-electron chi connectivity index (χ0n) is 13.7. The van der Waals surface area contributed by atoms with Crippen LogP contribution >= 0.6 is 0 Å². The molecule has 118 valence electrons. The maximum absolute atomic E-state index is 10.0. The second kappa shape index (κ2) is 5.91. The van der Waals surface area contributed by atoms with Crippen LogP contribution in [0.3, 0.4) is 0 Å². The largest absolute Gasteiger partial charge is 0.393 e. The third-order valence-corrected chi connectivity index (χ3v) is 7.22. The average molecular weight is 288 g/mol. The smallest absolute Gasteiger partial charge is 0.0543 e. The van der Waals surface area contributed by atoms with Gasteiger partial charge in [-0.15, -0.1) is 6.58 Å². The van der Waals surface area contributed by atoms with Gasteiger partial charge in [-0.3, -0.25) is 0 Å². The van der Waals surface area contributed by atoms with Crippen molar-refractivity contribution in [3.63, 3.8) is 0 Å². The van der Waals surface area contributed by atoms with Crippen molar-refractivity contribution in [3.05, 3.63) is 24.8 Å². The van der Waals surface area contributed by atoms with E-state index in [2.05, 4.69) is 26.2 Å². The van der Waals surface area contributed by atoms with Gasteiger partial charge in [0.2, 0.25) is 0 Å². The van der Waals surface area contributed by atoms with E-state index in [9.17, 15) is 5.11 Å². The number of rotatable bonds is 3. The van der Waals surface area contributed by atoms with Gasteiger partial charge in [0.25, 0.3) is 0 Å². The van der Waals surface area contributed by atoms with Gasteiger partial charge in [0.15, 0.2) is 0 Å². The van der Waals surface area contributed by atoms with Crippen LogP contribution in [0.2, 0.25) is 0 Å². The average Bonchev–Trinajstić information content (AvgIpc) is 2.47. The Hall–Kier alpha value is -0.560. The molecule has 0 saturated heterocycles. The minimum Gasteiger partial charge on any atom is -0.393 e. The first-order valence-corrected chi connectivity index (χ1v) is 9.03. The minimum absolute atomic E-state index is 0.0326. The molecule has 1 nitrogen and oxygen atoms in total. The quantitative estimate of drug-likeness (QED) is 0.715. The molecule has 3 aliphatic carbocycles. The maximum Gasteiger partial charge on any atom is 0.0543 e. The Morgan fingerprint density at radius 1 is 1.29 bits per heavy atom. The van der Waals surface area contributed by atoms with Crippen LogP contribution in [0.15, 0.2) is 24.8 Å². The van der Waals surface area contributed by atoms with Gasteiger partial charge in [0, 0.05) is 0 Å². The van der Waals surface area contributed by atoms with Crippen LogP contribution in [-0.4, -0.2) is 11.2 Å². The molecule has 3 fully saturated rings. The van der Waals surface area contributed by atoms with E-state index >= 15 is 0 Å². The second-order valence-corrected chi connectivity index (χ2v) is 8.15. The molecule has 0 amide bonds. The molecule has 0 radical (unpaired) electrons. The summed E-state index contributed by atoms with van der Waals surface area (Å²) >= 11 is 0. The van der Waals surface area contributed by atoms with Crippen molar-refractivity contribution in [2.24, 2.45) is 29.1 Å². The Labute approximate surface area is 130 Å². The van der Waals surface area contributed by atoms with Crippen LogP contribution in [0.5, 0.6) is 0 Å². The summed E-state index contributed by atoms with van der Waals surface area (Å²) in [6.45, 7) is 10.8. The summed E-state index contributed by atoms with van der Waals surface area (Å²) in [4.78, 5) is 0. The molecule has 21 heavy (non-hydrogen) atoms. The summed E-state index contributed by atoms with van der Waals surface area (Å²) in [5, 5.41) is 10.0. The van der Waals surface area contributed by atoms with E-state index in [1.54, 1.807) is 0 Å². The second-order valence-electron chi connectivity index (χ2n) is 8.15. The predicted octanol–water partition coefficient (Wildman–Crippen LogP) is 5.11. The maximum atomic E-state index is 10.0. The van der Waals surface area contributed by atoms with Crippen LogP contribution in [0, 0.1) is 29.1 Å². The van der Waals surface area contributed by atoms with E-state index in [1.807, 2.05) is 0 Å². The van der Waals surface area contributed by atoms with Gasteiger partial charge < -0.3 is 5.11 Å². The standard InChI is InChI=1S/C20H32O/c1-4-5-6-17-14(2)7-10-19-18(17)9-8-15-13-16(21)11-12-20(15,19)3/h4,15-19,21H,1-2,5-13H2,3H3/t15-,16+,17+,18-,19-,20-/m0/s1. The zero-order chi connectivity index (χ0) is 15.0. The van der Waals surface area contributed by atoms with Crippen LogP contribution < -0.4 is 0 Å². The van der Waals surface area contributed by atoms with E-state index in [1.165, 1.54) is 44.1 Å². The molecular weight excluding hydrogens is 256 g/mol. The lowest BCUT2D eigenvalue weighted by Gasteiger charge is -2.58. The molecule has 0 aromatic heterocycles. The van der Waals surface area contributed by atoms with Crippen molar-refractivity contribution in [1.29, 1.82) is 0 Å². The van der Waals surface area contributed by atoms with E-state index in [4.69, 9.17) is 0 Å². The van der Waals surface area contributed by atoms with Gasteiger partial charge in [-0.1, -0.05) is 25.2 Å². The number of fused-ring (bicyclic) bond motifs is 3. The summed E-state index contributed by atoms with van der Waals surface area (Å²) < 4.78 is 0. The lowest BCUT2D eigenvalue weighted by molar-refractivity contribution is -0.0907. The molecule has 0 heterocycles. The highest BCUT2D eigenvalue weighted by atomic mass is 16.3. The molecule has 1 heteroatoms. The van der Waals surface area contributed by atoms with Crippen LogP contribution in [-0.2, 0) is 0 Å². The van der Waals surface area contributed by atoms with Gasteiger partial charge in [-0.05, 0) is 86.9 Å². The van der Waals surface area contributed by atoms with Crippen LogP contribution in [0.4, 0.5) is 0 Å². The molecule has 0 aromatic carbocycles. The van der Waals surface area contributed by atoms with Crippen molar-refractivity contribution in [2.45, 2.75) is 70.8 Å². The Kier molecular flexibility index (Phi) is 4.32. The number of aliphatic hydroxyl groups is 1. The van der Waals surface area contributed by atoms with Crippen molar-refractivity contribution >= 4 is 0 Å². The summed E-state index contributed by atoms with van der Waals surface area (Å²) in [7, 11) is 0. The van der Waals surface area contributed by atoms with E-state index in [0.717, 1.165) is 42.9 Å². The topological polar surface area (TPSA) is 20.2 Å². The number of aliphatic hydroxyl groups excluding tert-OH is 1. The normalized spacial score (nSPS) is 46.6. The highest BCUT2D eigenvalue weighted by Crippen LogP contribution is 2.61. The molecule has 3 saturated carbocycles. The predicted molar refractivity (Wildman–Crippen MR) is 89.0 cm³/mol. The third kappa shape index (κ3) is 2.63. The molecule has 0 bridgehead atoms. The summed E-state index contributed by atoms with van der Waals surface area (Å²) in [5.41, 5.74) is 1.99. The Morgan fingerprint density at radius 3 is 2.86 bits per heavy atom. The van der Waals surface area contributed by atoms with E-state index in [0.29, 0.717) is 5.41 Å². The summed E-state index contributed by atoms with van der Waals surface area (Å²) in [5.74, 6) is 3.20. The number of hydrogen-bond donors (Lipinski definition) is 1. The van der Waals surface area contributed by atoms with Gasteiger partial charge in [0.1, 0.15) is 0 Å². The molecule has 0 spiro atoms. The molecule has 0 unspecified atom stereocenters. The molecule has 3 aliphatic rings. The number of hydrogen-bond acceptors (Lipinski definition) is 1. The van der Waals surface area contributed by atoms with Crippen molar-refractivity contribution in [3.8, 4) is 0 Å². The van der Waals surface area contributed by atoms with Gasteiger partial charge in [0.05, 0.1) is 6.10 Å². The van der Waals surface area contributed by atoms with Crippen LogP contribution in [0.1, 0.15) is 64.7 Å². The molecule has 3 rings (SSSR count). The first-order valence-electron chi connectivity index (χ1n) is 9.03. The number of allylic oxidation sites excluding steroid dienone is 2. The van der Waals surface area contributed by atoms with Crippen molar-refractivity contribution in [2.75, 3.05) is 0 Å². The Morgan fingerprint density at radius 2 is 2.10 bits per heavy atom. The molecule has 1 N–H and O–H groups in total. The van der Waals surface area contributed by atoms with E-state index in [-0.39, 0.29) is 6.10 Å². The minimum atomic E-state index is -0.0326. The highest BCUT2D eigenvalue weighted by molar-refractivity contribution is 5.13. The molecule has 6 atom stereocenters. The van der Waals surface area contributed by atoms with E-state index < -0.39 is 0 Å². The van der Waals surface area contributed by atoms with Crippen molar-refractivity contribution in [1.82, 2.24) is 0 Å². The zero-order valence-corrected chi connectivity index (χ0v) is 13.7. The Balaban J connectivity index is 1.81. The van der Waals surface area contributed by atoms with Gasteiger partial charge in [-0.25, -0.2) is 0 Å². The van der Waals surface area contributed by atoms with Crippen LogP contribution in [0.25, 0.3) is 0 Å². The molecule has 0 aromatic rings. The van der Waals surface area contributed by atoms with Gasteiger partial charge in [-0.2, -0.15) is 0 Å². The SMILES string of the molecule is C=CCC[C@@H]1C(=C)CC[C@H]2[C@H]1CC[C@H]1C[C@H](O)CC[C@@]12C. The lowest BCUT2D eigenvalue weighted by Crippen LogP contribution is -2.51. The fourth-order valence-electron chi connectivity index (χ4n) is 5.99.